The number of amides is 1. The van der Waals surface area contributed by atoms with Crippen molar-refractivity contribution in [3.8, 4) is 0 Å². The molecule has 3 aromatic rings. The van der Waals surface area contributed by atoms with Crippen molar-refractivity contribution in [2.45, 2.75) is 32.7 Å². The van der Waals surface area contributed by atoms with Crippen molar-refractivity contribution in [2.75, 3.05) is 13.1 Å². The highest BCUT2D eigenvalue weighted by molar-refractivity contribution is 6.30. The number of carbonyl (C=O) groups is 1. The molecule has 1 saturated heterocycles. The van der Waals surface area contributed by atoms with E-state index in [4.69, 9.17) is 16.0 Å². The molecular weight excluding hydrogens is 394 g/mol. The number of hydrogen-bond acceptors (Lipinski definition) is 7. The molecule has 150 valence electrons. The molecule has 29 heavy (non-hydrogen) atoms. The van der Waals surface area contributed by atoms with Crippen LogP contribution in [0.1, 0.15) is 41.1 Å². The van der Waals surface area contributed by atoms with Crippen LogP contribution < -0.4 is 0 Å². The lowest BCUT2D eigenvalue weighted by atomic mass is 10.1. The van der Waals surface area contributed by atoms with E-state index < -0.39 is 0 Å². The first-order valence-electron chi connectivity index (χ1n) is 9.28. The van der Waals surface area contributed by atoms with Crippen LogP contribution in [-0.2, 0) is 11.3 Å². The number of aromatic nitrogens is 6. The molecule has 1 aliphatic rings. The monoisotopic (exact) mass is 413 g/mol. The van der Waals surface area contributed by atoms with Crippen molar-refractivity contribution in [3.05, 3.63) is 58.0 Å². The number of aryl methyl sites for hydroxylation is 2. The summed E-state index contributed by atoms with van der Waals surface area (Å²) in [6.45, 7) is 5.18. The Hall–Kier alpha value is -3.07. The molecular formula is C19H20ClN7O2. The zero-order chi connectivity index (χ0) is 20.4. The third-order valence-corrected chi connectivity index (χ3v) is 5.00. The Labute approximate surface area is 172 Å². The van der Waals surface area contributed by atoms with Crippen molar-refractivity contribution >= 4 is 23.6 Å². The van der Waals surface area contributed by atoms with E-state index in [0.717, 1.165) is 17.5 Å². The molecule has 0 bridgehead atoms. The molecule has 3 heterocycles. The van der Waals surface area contributed by atoms with Gasteiger partial charge in [-0.2, -0.15) is 4.80 Å². The Morgan fingerprint density at radius 2 is 2.17 bits per heavy atom. The number of hydrogen-bond donors (Lipinski definition) is 0. The van der Waals surface area contributed by atoms with Crippen LogP contribution in [0.15, 0.2) is 28.7 Å². The van der Waals surface area contributed by atoms with Gasteiger partial charge < -0.3 is 9.32 Å². The number of nitrogens with zero attached hydrogens (tertiary/aromatic N) is 7. The standard InChI is InChI=1S/C19H20ClN7O2/c1-12-21-25-27(24-12)11-16-9-17(20)5-3-14(16)4-6-18(28)26-8-7-15(10-26)19-23-22-13(2)29-19/h3-6,9,15H,7-8,10-11H2,1-2H3/t15-/m1/s1. The zero-order valence-corrected chi connectivity index (χ0v) is 16.9. The molecule has 0 saturated carbocycles. The smallest absolute Gasteiger partial charge is 0.246 e. The molecule has 1 atom stereocenters. The summed E-state index contributed by atoms with van der Waals surface area (Å²) in [5, 5.41) is 20.6. The average Bonchev–Trinajstić information content (AvgIpc) is 3.42. The molecule has 10 heteroatoms. The second-order valence-corrected chi connectivity index (χ2v) is 7.41. The number of rotatable bonds is 5. The van der Waals surface area contributed by atoms with E-state index in [1.165, 1.54) is 4.80 Å². The van der Waals surface area contributed by atoms with Crippen LogP contribution >= 0.6 is 11.6 Å². The molecule has 9 nitrogen and oxygen atoms in total. The van der Waals surface area contributed by atoms with E-state index in [1.807, 2.05) is 12.1 Å². The predicted octanol–water partition coefficient (Wildman–Crippen LogP) is 2.40. The molecule has 1 aliphatic heterocycles. The van der Waals surface area contributed by atoms with Crippen molar-refractivity contribution in [2.24, 2.45) is 0 Å². The van der Waals surface area contributed by atoms with E-state index in [1.54, 1.807) is 37.0 Å². The average molecular weight is 414 g/mol. The van der Waals surface area contributed by atoms with Crippen LogP contribution in [0.4, 0.5) is 0 Å². The topological polar surface area (TPSA) is 103 Å². The lowest BCUT2D eigenvalue weighted by Crippen LogP contribution is -2.26. The summed E-state index contributed by atoms with van der Waals surface area (Å²) in [6, 6.07) is 5.51. The van der Waals surface area contributed by atoms with Gasteiger partial charge in [0.15, 0.2) is 5.82 Å². The maximum Gasteiger partial charge on any atom is 0.246 e. The number of likely N-dealkylation sites (tertiary alicyclic amines) is 1. The minimum absolute atomic E-state index is 0.0561. The number of halogens is 1. The number of tetrazole rings is 1. The summed E-state index contributed by atoms with van der Waals surface area (Å²) >= 11 is 6.15. The largest absolute Gasteiger partial charge is 0.425 e. The Balaban J connectivity index is 1.45. The zero-order valence-electron chi connectivity index (χ0n) is 16.1. The number of benzene rings is 1. The molecule has 0 radical (unpaired) electrons. The maximum atomic E-state index is 12.6. The van der Waals surface area contributed by atoms with Crippen LogP contribution in [0.5, 0.6) is 0 Å². The van der Waals surface area contributed by atoms with Crippen LogP contribution in [0.3, 0.4) is 0 Å². The van der Waals surface area contributed by atoms with Crippen molar-refractivity contribution < 1.29 is 9.21 Å². The van der Waals surface area contributed by atoms with Gasteiger partial charge in [0.1, 0.15) is 0 Å². The summed E-state index contributed by atoms with van der Waals surface area (Å²) < 4.78 is 5.50. The van der Waals surface area contributed by atoms with Gasteiger partial charge >= 0.3 is 0 Å². The minimum Gasteiger partial charge on any atom is -0.425 e. The van der Waals surface area contributed by atoms with Crippen LogP contribution in [0.2, 0.25) is 5.02 Å². The van der Waals surface area contributed by atoms with Gasteiger partial charge in [0, 0.05) is 31.1 Å². The molecule has 0 aliphatic carbocycles. The molecule has 0 N–H and O–H groups in total. The van der Waals surface area contributed by atoms with Gasteiger partial charge in [-0.25, -0.2) is 0 Å². The highest BCUT2D eigenvalue weighted by Gasteiger charge is 2.29. The van der Waals surface area contributed by atoms with E-state index >= 15 is 0 Å². The number of carbonyl (C=O) groups excluding carboxylic acids is 1. The second kappa shape index (κ2) is 8.12. The first-order chi connectivity index (χ1) is 14.0. The van der Waals surface area contributed by atoms with E-state index in [0.29, 0.717) is 42.3 Å². The SMILES string of the molecule is Cc1nnn(Cc2cc(Cl)ccc2C=CC(=O)N2CC[C@@H](c3nnc(C)o3)C2)n1. The van der Waals surface area contributed by atoms with Gasteiger partial charge in [0.05, 0.1) is 12.5 Å². The van der Waals surface area contributed by atoms with Gasteiger partial charge in [-0.05, 0) is 47.9 Å². The summed E-state index contributed by atoms with van der Waals surface area (Å²) in [4.78, 5) is 15.9. The summed E-state index contributed by atoms with van der Waals surface area (Å²) in [5.41, 5.74) is 1.78. The molecule has 1 aromatic carbocycles. The molecule has 1 fully saturated rings. The third kappa shape index (κ3) is 4.51. The van der Waals surface area contributed by atoms with Crippen molar-refractivity contribution in [1.82, 2.24) is 35.3 Å². The Kier molecular flexibility index (Phi) is 5.39. The normalized spacial score (nSPS) is 16.8. The first-order valence-corrected chi connectivity index (χ1v) is 9.65. The molecule has 2 aromatic heterocycles. The second-order valence-electron chi connectivity index (χ2n) is 6.97. The summed E-state index contributed by atoms with van der Waals surface area (Å²) in [6.07, 6.45) is 4.18. The van der Waals surface area contributed by atoms with E-state index in [2.05, 4.69) is 25.6 Å². The van der Waals surface area contributed by atoms with Crippen molar-refractivity contribution in [1.29, 1.82) is 0 Å². The van der Waals surface area contributed by atoms with Gasteiger partial charge in [-0.15, -0.1) is 20.4 Å². The van der Waals surface area contributed by atoms with Gasteiger partial charge in [0.2, 0.25) is 17.7 Å². The molecule has 4 rings (SSSR count). The van der Waals surface area contributed by atoms with Gasteiger partial charge in [-0.1, -0.05) is 17.7 Å². The Morgan fingerprint density at radius 1 is 1.31 bits per heavy atom. The lowest BCUT2D eigenvalue weighted by Gasteiger charge is -2.13. The molecule has 0 spiro atoms. The lowest BCUT2D eigenvalue weighted by molar-refractivity contribution is -0.125. The Bertz CT molecular complexity index is 1060. The Morgan fingerprint density at radius 3 is 2.90 bits per heavy atom. The predicted molar refractivity (Wildman–Crippen MR) is 105 cm³/mol. The fourth-order valence-electron chi connectivity index (χ4n) is 3.32. The summed E-state index contributed by atoms with van der Waals surface area (Å²) in [7, 11) is 0. The molecule has 1 amide bonds. The van der Waals surface area contributed by atoms with Gasteiger partial charge in [-0.3, -0.25) is 4.79 Å². The van der Waals surface area contributed by atoms with Crippen molar-refractivity contribution in [3.63, 3.8) is 0 Å². The van der Waals surface area contributed by atoms with Crippen LogP contribution in [-0.4, -0.2) is 54.3 Å². The molecule has 0 unspecified atom stereocenters. The quantitative estimate of drug-likeness (QED) is 0.591. The van der Waals surface area contributed by atoms with E-state index in [9.17, 15) is 4.79 Å². The maximum absolute atomic E-state index is 12.6. The fraction of sp³-hybridized carbons (Fsp3) is 0.368. The highest BCUT2D eigenvalue weighted by atomic mass is 35.5. The van der Waals surface area contributed by atoms with E-state index in [-0.39, 0.29) is 11.8 Å². The first kappa shape index (κ1) is 19.3. The van der Waals surface area contributed by atoms with Gasteiger partial charge in [0.25, 0.3) is 0 Å². The third-order valence-electron chi connectivity index (χ3n) is 4.77. The van der Waals surface area contributed by atoms with Crippen LogP contribution in [0.25, 0.3) is 6.08 Å². The minimum atomic E-state index is -0.0561. The highest BCUT2D eigenvalue weighted by Crippen LogP contribution is 2.26. The fourth-order valence-corrected chi connectivity index (χ4v) is 3.52. The summed E-state index contributed by atoms with van der Waals surface area (Å²) in [5.74, 6) is 1.76. The van der Waals surface area contributed by atoms with Crippen LogP contribution in [0, 0.1) is 13.8 Å².